The first-order valence-corrected chi connectivity index (χ1v) is 6.40. The van der Waals surface area contributed by atoms with Crippen LogP contribution in [0.2, 0.25) is 0 Å². The van der Waals surface area contributed by atoms with E-state index in [9.17, 15) is 9.90 Å². The molecule has 2 rings (SSSR count). The van der Waals surface area contributed by atoms with Crippen molar-refractivity contribution in [1.29, 1.82) is 0 Å². The fourth-order valence-corrected chi connectivity index (χ4v) is 1.86. The number of rotatable bonds is 4. The lowest BCUT2D eigenvalue weighted by Gasteiger charge is -2.08. The quantitative estimate of drug-likeness (QED) is 0.909. The molecule has 98 valence electrons. The maximum atomic E-state index is 11.7. The molecule has 1 amide bonds. The molecule has 2 N–H and O–H groups in total. The van der Waals surface area contributed by atoms with E-state index in [2.05, 4.69) is 21.2 Å². The van der Waals surface area contributed by atoms with E-state index in [1.54, 1.807) is 24.3 Å². The lowest BCUT2D eigenvalue weighted by atomic mass is 10.3. The monoisotopic (exact) mass is 321 g/mol. The van der Waals surface area contributed by atoms with Gasteiger partial charge in [-0.3, -0.25) is 4.79 Å². The lowest BCUT2D eigenvalue weighted by Crippen LogP contribution is -2.20. The first-order valence-electron chi connectivity index (χ1n) is 5.61. The predicted octanol–water partition coefficient (Wildman–Crippen LogP) is 3.17. The Balaban J connectivity index is 1.88. The maximum absolute atomic E-state index is 11.7. The molecule has 2 aromatic rings. The smallest absolute Gasteiger partial charge is 0.262 e. The molecular formula is C14H12BrNO3. The Labute approximate surface area is 119 Å². The van der Waals surface area contributed by atoms with Crippen LogP contribution in [0, 0.1) is 0 Å². The van der Waals surface area contributed by atoms with Crippen LogP contribution in [0.25, 0.3) is 0 Å². The number of halogens is 1. The molecule has 0 aromatic heterocycles. The first-order chi connectivity index (χ1) is 9.13. The topological polar surface area (TPSA) is 58.6 Å². The Kier molecular flexibility index (Phi) is 4.41. The van der Waals surface area contributed by atoms with Crippen LogP contribution >= 0.6 is 15.9 Å². The number of carbonyl (C=O) groups is 1. The molecule has 0 bridgehead atoms. The largest absolute Gasteiger partial charge is 0.508 e. The summed E-state index contributed by atoms with van der Waals surface area (Å²) in [4.78, 5) is 11.7. The number of phenolic OH excluding ortho intramolecular Hbond substituents is 1. The molecule has 4 nitrogen and oxygen atoms in total. The van der Waals surface area contributed by atoms with Crippen molar-refractivity contribution >= 4 is 27.5 Å². The fraction of sp³-hybridized carbons (Fsp3) is 0.0714. The molecule has 0 saturated carbocycles. The van der Waals surface area contributed by atoms with E-state index in [-0.39, 0.29) is 18.3 Å². The second-order valence-corrected chi connectivity index (χ2v) is 4.76. The lowest BCUT2D eigenvalue weighted by molar-refractivity contribution is -0.118. The van der Waals surface area contributed by atoms with Gasteiger partial charge in [-0.1, -0.05) is 28.1 Å². The number of hydrogen-bond donors (Lipinski definition) is 2. The average molecular weight is 322 g/mol. The zero-order chi connectivity index (χ0) is 13.7. The summed E-state index contributed by atoms with van der Waals surface area (Å²) in [6.45, 7) is -0.0912. The summed E-state index contributed by atoms with van der Waals surface area (Å²) in [7, 11) is 0. The number of carbonyl (C=O) groups excluding carboxylic acids is 1. The fourth-order valence-electron chi connectivity index (χ4n) is 1.49. The third-order valence-corrected chi connectivity index (χ3v) is 2.79. The molecule has 0 saturated heterocycles. The molecule has 0 spiro atoms. The zero-order valence-corrected chi connectivity index (χ0v) is 11.6. The van der Waals surface area contributed by atoms with Crippen molar-refractivity contribution in [2.75, 3.05) is 11.9 Å². The number of ether oxygens (including phenoxy) is 1. The summed E-state index contributed by atoms with van der Waals surface area (Å²) < 4.78 is 6.23. The highest BCUT2D eigenvalue weighted by atomic mass is 79.9. The second-order valence-electron chi connectivity index (χ2n) is 3.84. The summed E-state index contributed by atoms with van der Waals surface area (Å²) >= 11 is 3.32. The Morgan fingerprint density at radius 3 is 2.74 bits per heavy atom. The molecule has 0 fully saturated rings. The van der Waals surface area contributed by atoms with Crippen molar-refractivity contribution in [1.82, 2.24) is 0 Å². The van der Waals surface area contributed by atoms with Crippen LogP contribution < -0.4 is 10.1 Å². The summed E-state index contributed by atoms with van der Waals surface area (Å²) in [6.07, 6.45) is 0. The molecule has 0 heterocycles. The van der Waals surface area contributed by atoms with Gasteiger partial charge >= 0.3 is 0 Å². The van der Waals surface area contributed by atoms with Gasteiger partial charge in [-0.05, 0) is 30.3 Å². The van der Waals surface area contributed by atoms with Gasteiger partial charge in [0.05, 0.1) is 0 Å². The minimum Gasteiger partial charge on any atom is -0.508 e. The summed E-state index contributed by atoms with van der Waals surface area (Å²) in [5.74, 6) is 0.428. The molecule has 0 atom stereocenters. The molecule has 0 radical (unpaired) electrons. The Bertz CT molecular complexity index is 586. The van der Waals surface area contributed by atoms with Gasteiger partial charge in [0.15, 0.2) is 6.61 Å². The van der Waals surface area contributed by atoms with E-state index in [1.807, 2.05) is 12.1 Å². The van der Waals surface area contributed by atoms with Crippen molar-refractivity contribution in [3.8, 4) is 11.5 Å². The van der Waals surface area contributed by atoms with Gasteiger partial charge < -0.3 is 15.2 Å². The minimum atomic E-state index is -0.287. The Morgan fingerprint density at radius 1 is 1.21 bits per heavy atom. The highest BCUT2D eigenvalue weighted by molar-refractivity contribution is 9.10. The SMILES string of the molecule is O=C(COc1cccc(Br)c1)Nc1cccc(O)c1. The first kappa shape index (κ1) is 13.4. The van der Waals surface area contributed by atoms with E-state index in [1.165, 1.54) is 12.1 Å². The molecule has 0 aliphatic carbocycles. The third-order valence-electron chi connectivity index (χ3n) is 2.30. The van der Waals surface area contributed by atoms with Crippen LogP contribution in [0.15, 0.2) is 53.0 Å². The van der Waals surface area contributed by atoms with Crippen molar-refractivity contribution < 1.29 is 14.6 Å². The van der Waals surface area contributed by atoms with Gasteiger partial charge in [0.2, 0.25) is 0 Å². The Hall–Kier alpha value is -2.01. The van der Waals surface area contributed by atoms with Crippen LogP contribution in [0.5, 0.6) is 11.5 Å². The molecule has 0 unspecified atom stereocenters. The number of hydrogen-bond acceptors (Lipinski definition) is 3. The third kappa shape index (κ3) is 4.30. The normalized spacial score (nSPS) is 9.95. The molecule has 2 aromatic carbocycles. The van der Waals surface area contributed by atoms with Crippen LogP contribution in [0.3, 0.4) is 0 Å². The van der Waals surface area contributed by atoms with Gasteiger partial charge in [0.1, 0.15) is 11.5 Å². The molecule has 19 heavy (non-hydrogen) atoms. The summed E-state index contributed by atoms with van der Waals surface area (Å²) in [6, 6.07) is 13.6. The van der Waals surface area contributed by atoms with E-state index in [0.717, 1.165) is 4.47 Å². The van der Waals surface area contributed by atoms with Gasteiger partial charge in [0.25, 0.3) is 5.91 Å². The van der Waals surface area contributed by atoms with Crippen LogP contribution in [-0.4, -0.2) is 17.6 Å². The number of aromatic hydroxyl groups is 1. The minimum absolute atomic E-state index is 0.0912. The molecular weight excluding hydrogens is 310 g/mol. The standard InChI is InChI=1S/C14H12BrNO3/c15-10-3-1-6-13(7-10)19-9-14(18)16-11-4-2-5-12(17)8-11/h1-8,17H,9H2,(H,16,18). The van der Waals surface area contributed by atoms with E-state index in [4.69, 9.17) is 4.74 Å². The van der Waals surface area contributed by atoms with Gasteiger partial charge in [-0.25, -0.2) is 0 Å². The molecule has 0 aliphatic rings. The summed E-state index contributed by atoms with van der Waals surface area (Å²) in [5, 5.41) is 11.9. The Morgan fingerprint density at radius 2 is 2.00 bits per heavy atom. The van der Waals surface area contributed by atoms with E-state index in [0.29, 0.717) is 11.4 Å². The highest BCUT2D eigenvalue weighted by Gasteiger charge is 2.04. The highest BCUT2D eigenvalue weighted by Crippen LogP contribution is 2.18. The molecule has 5 heteroatoms. The summed E-state index contributed by atoms with van der Waals surface area (Å²) in [5.41, 5.74) is 0.530. The van der Waals surface area contributed by atoms with E-state index >= 15 is 0 Å². The van der Waals surface area contributed by atoms with Gasteiger partial charge in [-0.2, -0.15) is 0 Å². The van der Waals surface area contributed by atoms with E-state index < -0.39 is 0 Å². The number of phenols is 1. The second kappa shape index (κ2) is 6.24. The van der Waals surface area contributed by atoms with Gasteiger partial charge in [0, 0.05) is 16.2 Å². The van der Waals surface area contributed by atoms with Crippen molar-refractivity contribution in [3.05, 3.63) is 53.0 Å². The molecule has 0 aliphatic heterocycles. The number of benzene rings is 2. The number of amides is 1. The van der Waals surface area contributed by atoms with Crippen LogP contribution in [0.4, 0.5) is 5.69 Å². The van der Waals surface area contributed by atoms with Gasteiger partial charge in [-0.15, -0.1) is 0 Å². The van der Waals surface area contributed by atoms with Crippen LogP contribution in [-0.2, 0) is 4.79 Å². The predicted molar refractivity (Wildman–Crippen MR) is 76.4 cm³/mol. The van der Waals surface area contributed by atoms with Crippen molar-refractivity contribution in [2.24, 2.45) is 0 Å². The number of anilines is 1. The zero-order valence-electron chi connectivity index (χ0n) is 9.97. The van der Waals surface area contributed by atoms with Crippen LogP contribution in [0.1, 0.15) is 0 Å². The van der Waals surface area contributed by atoms with Crippen molar-refractivity contribution in [2.45, 2.75) is 0 Å². The number of nitrogens with one attached hydrogen (secondary N) is 1. The van der Waals surface area contributed by atoms with Crippen molar-refractivity contribution in [3.63, 3.8) is 0 Å². The maximum Gasteiger partial charge on any atom is 0.262 e. The average Bonchev–Trinajstić information content (AvgIpc) is 2.36.